The number of furan rings is 1. The second kappa shape index (κ2) is 6.77. The van der Waals surface area contributed by atoms with Crippen LogP contribution in [0, 0.1) is 11.7 Å². The Morgan fingerprint density at radius 3 is 3.05 bits per heavy atom. The minimum absolute atomic E-state index is 0.0456. The van der Waals surface area contributed by atoms with Gasteiger partial charge in [0, 0.05) is 13.1 Å². The van der Waals surface area contributed by atoms with E-state index in [-0.39, 0.29) is 11.7 Å². The lowest BCUT2D eigenvalue weighted by atomic mass is 9.91. The Morgan fingerprint density at radius 1 is 1.36 bits per heavy atom. The van der Waals surface area contributed by atoms with Crippen LogP contribution in [0.4, 0.5) is 4.39 Å². The number of carbonyl (C=O) groups excluding carboxylic acids is 1. The minimum atomic E-state index is -0.182. The third-order valence-corrected chi connectivity index (χ3v) is 4.30. The lowest BCUT2D eigenvalue weighted by Gasteiger charge is -2.32. The molecule has 22 heavy (non-hydrogen) atoms. The summed E-state index contributed by atoms with van der Waals surface area (Å²) in [6, 6.07) is 8.48. The molecular weight excluding hydrogens is 281 g/mol. The molecular formula is C18H20FNO2. The van der Waals surface area contributed by atoms with Gasteiger partial charge in [0.05, 0.1) is 11.8 Å². The Morgan fingerprint density at radius 2 is 2.27 bits per heavy atom. The molecule has 2 aromatic rings. The molecule has 3 nitrogen and oxygen atoms in total. The number of halogens is 1. The zero-order valence-corrected chi connectivity index (χ0v) is 12.5. The molecule has 0 N–H and O–H groups in total. The lowest BCUT2D eigenvalue weighted by molar-refractivity contribution is 0.0667. The number of carbonyl (C=O) groups is 1. The first kappa shape index (κ1) is 14.8. The summed E-state index contributed by atoms with van der Waals surface area (Å²) in [5, 5.41) is 0. The molecule has 1 aliphatic rings. The van der Waals surface area contributed by atoms with E-state index in [0.717, 1.165) is 44.3 Å². The molecule has 1 aliphatic heterocycles. The molecule has 1 aromatic carbocycles. The third-order valence-electron chi connectivity index (χ3n) is 4.30. The molecule has 1 atom stereocenters. The van der Waals surface area contributed by atoms with Crippen molar-refractivity contribution in [3.05, 3.63) is 59.8 Å². The van der Waals surface area contributed by atoms with Crippen LogP contribution in [0.1, 0.15) is 35.2 Å². The highest BCUT2D eigenvalue weighted by Crippen LogP contribution is 2.23. The van der Waals surface area contributed by atoms with Crippen molar-refractivity contribution in [1.82, 2.24) is 4.90 Å². The van der Waals surface area contributed by atoms with E-state index in [1.54, 1.807) is 18.2 Å². The Hall–Kier alpha value is -2.10. The van der Waals surface area contributed by atoms with E-state index in [0.29, 0.717) is 11.5 Å². The van der Waals surface area contributed by atoms with Gasteiger partial charge in [0.25, 0.3) is 5.91 Å². The Balaban J connectivity index is 1.55. The number of rotatable bonds is 4. The van der Waals surface area contributed by atoms with Gasteiger partial charge in [-0.2, -0.15) is 0 Å². The fourth-order valence-corrected chi connectivity index (χ4v) is 3.12. The highest BCUT2D eigenvalue weighted by Gasteiger charge is 2.24. The van der Waals surface area contributed by atoms with E-state index >= 15 is 0 Å². The molecule has 0 bridgehead atoms. The van der Waals surface area contributed by atoms with E-state index < -0.39 is 0 Å². The first-order valence-electron chi connectivity index (χ1n) is 7.78. The molecule has 0 radical (unpaired) electrons. The molecule has 116 valence electrons. The molecule has 0 unspecified atom stereocenters. The summed E-state index contributed by atoms with van der Waals surface area (Å²) < 4.78 is 18.2. The Kier molecular flexibility index (Phi) is 4.56. The van der Waals surface area contributed by atoms with Crippen LogP contribution in [0.2, 0.25) is 0 Å². The maximum absolute atomic E-state index is 13.2. The smallest absolute Gasteiger partial charge is 0.257 e. The van der Waals surface area contributed by atoms with E-state index in [9.17, 15) is 9.18 Å². The SMILES string of the molecule is O=C(c1ccoc1)N1CCC[C@@H](CCc2cccc(F)c2)C1. The number of amides is 1. The predicted octanol–water partition coefficient (Wildman–Crippen LogP) is 3.90. The van der Waals surface area contributed by atoms with Gasteiger partial charge in [0.2, 0.25) is 0 Å². The Bertz CT molecular complexity index is 624. The average molecular weight is 301 g/mol. The van der Waals surface area contributed by atoms with E-state index in [1.807, 2.05) is 11.0 Å². The van der Waals surface area contributed by atoms with Crippen molar-refractivity contribution in [2.75, 3.05) is 13.1 Å². The van der Waals surface area contributed by atoms with E-state index in [1.165, 1.54) is 18.6 Å². The van der Waals surface area contributed by atoms with Crippen LogP contribution in [0.5, 0.6) is 0 Å². The first-order valence-corrected chi connectivity index (χ1v) is 7.78. The second-order valence-electron chi connectivity index (χ2n) is 5.94. The molecule has 4 heteroatoms. The van der Waals surface area contributed by atoms with Gasteiger partial charge in [0.15, 0.2) is 0 Å². The molecule has 0 aliphatic carbocycles. The summed E-state index contributed by atoms with van der Waals surface area (Å²) in [6.07, 6.45) is 7.02. The number of hydrogen-bond acceptors (Lipinski definition) is 2. The molecule has 1 amide bonds. The second-order valence-corrected chi connectivity index (χ2v) is 5.94. The quantitative estimate of drug-likeness (QED) is 0.858. The Labute approximate surface area is 129 Å². The standard InChI is InChI=1S/C18H20FNO2/c19-17-5-1-3-14(11-17)6-7-15-4-2-9-20(12-15)18(21)16-8-10-22-13-16/h1,3,5,8,10-11,13,15H,2,4,6-7,9,12H2/t15-/m0/s1. The normalized spacial score (nSPS) is 18.4. The van der Waals surface area contributed by atoms with Crippen LogP contribution < -0.4 is 0 Å². The van der Waals surface area contributed by atoms with Crippen molar-refractivity contribution in [3.8, 4) is 0 Å². The maximum atomic E-state index is 13.2. The van der Waals surface area contributed by atoms with Crippen LogP contribution in [0.15, 0.2) is 47.3 Å². The van der Waals surface area contributed by atoms with E-state index in [4.69, 9.17) is 4.42 Å². The van der Waals surface area contributed by atoms with Gasteiger partial charge >= 0.3 is 0 Å². The summed E-state index contributed by atoms with van der Waals surface area (Å²) in [7, 11) is 0. The predicted molar refractivity (Wildman–Crippen MR) is 82.1 cm³/mol. The van der Waals surface area contributed by atoms with Crippen LogP contribution in [-0.2, 0) is 6.42 Å². The lowest BCUT2D eigenvalue weighted by Crippen LogP contribution is -2.39. The van der Waals surface area contributed by atoms with Crippen molar-refractivity contribution in [2.45, 2.75) is 25.7 Å². The third kappa shape index (κ3) is 3.56. The fourth-order valence-electron chi connectivity index (χ4n) is 3.12. The van der Waals surface area contributed by atoms with Gasteiger partial charge in [-0.05, 0) is 55.4 Å². The maximum Gasteiger partial charge on any atom is 0.257 e. The molecule has 0 saturated carbocycles. The molecule has 1 aromatic heterocycles. The zero-order chi connectivity index (χ0) is 15.4. The summed E-state index contributed by atoms with van der Waals surface area (Å²) in [6.45, 7) is 1.58. The van der Waals surface area contributed by atoms with Crippen LogP contribution in [-0.4, -0.2) is 23.9 Å². The van der Waals surface area contributed by atoms with Gasteiger partial charge in [0.1, 0.15) is 12.1 Å². The van der Waals surface area contributed by atoms with Crippen molar-refractivity contribution in [2.24, 2.45) is 5.92 Å². The number of nitrogens with zero attached hydrogens (tertiary/aromatic N) is 1. The van der Waals surface area contributed by atoms with Crippen LogP contribution in [0.25, 0.3) is 0 Å². The van der Waals surface area contributed by atoms with Crippen molar-refractivity contribution in [3.63, 3.8) is 0 Å². The summed E-state index contributed by atoms with van der Waals surface area (Å²) in [5.74, 6) is 0.343. The summed E-state index contributed by atoms with van der Waals surface area (Å²) >= 11 is 0. The highest BCUT2D eigenvalue weighted by atomic mass is 19.1. The van der Waals surface area contributed by atoms with Gasteiger partial charge in [-0.25, -0.2) is 4.39 Å². The first-order chi connectivity index (χ1) is 10.7. The van der Waals surface area contributed by atoms with Crippen LogP contribution in [0.3, 0.4) is 0 Å². The number of hydrogen-bond donors (Lipinski definition) is 0. The molecule has 2 heterocycles. The monoisotopic (exact) mass is 301 g/mol. The van der Waals surface area contributed by atoms with E-state index in [2.05, 4.69) is 0 Å². The highest BCUT2D eigenvalue weighted by molar-refractivity contribution is 5.93. The van der Waals surface area contributed by atoms with Crippen molar-refractivity contribution in [1.29, 1.82) is 0 Å². The van der Waals surface area contributed by atoms with Gasteiger partial charge in [-0.15, -0.1) is 0 Å². The average Bonchev–Trinajstić information content (AvgIpc) is 3.07. The number of likely N-dealkylation sites (tertiary alicyclic amines) is 1. The molecule has 0 spiro atoms. The van der Waals surface area contributed by atoms with Gasteiger partial charge in [-0.1, -0.05) is 12.1 Å². The minimum Gasteiger partial charge on any atom is -0.472 e. The summed E-state index contributed by atoms with van der Waals surface area (Å²) in [4.78, 5) is 14.2. The zero-order valence-electron chi connectivity index (χ0n) is 12.5. The summed E-state index contributed by atoms with van der Waals surface area (Å²) in [5.41, 5.74) is 1.64. The fraction of sp³-hybridized carbons (Fsp3) is 0.389. The number of piperidine rings is 1. The largest absolute Gasteiger partial charge is 0.472 e. The van der Waals surface area contributed by atoms with Gasteiger partial charge < -0.3 is 9.32 Å². The van der Waals surface area contributed by atoms with Gasteiger partial charge in [-0.3, -0.25) is 4.79 Å². The molecule has 3 rings (SSSR count). The number of benzene rings is 1. The van der Waals surface area contributed by atoms with Crippen LogP contribution >= 0.6 is 0 Å². The van der Waals surface area contributed by atoms with Crippen molar-refractivity contribution < 1.29 is 13.6 Å². The van der Waals surface area contributed by atoms with Crippen molar-refractivity contribution >= 4 is 5.91 Å². The molecule has 1 saturated heterocycles. The molecule has 1 fully saturated rings. The number of aryl methyl sites for hydroxylation is 1. The topological polar surface area (TPSA) is 33.5 Å².